The van der Waals surface area contributed by atoms with Crippen LogP contribution >= 0.6 is 0 Å². The molecule has 2 aromatic heterocycles. The number of hydrogen-bond acceptors (Lipinski definition) is 8. The van der Waals surface area contributed by atoms with Gasteiger partial charge in [0, 0.05) is 41.4 Å². The molecule has 0 spiro atoms. The normalized spacial score (nSPS) is 13.6. The molecule has 0 aliphatic carbocycles. The molecule has 1 aliphatic heterocycles. The standard InChI is InChI=1S/C31H32N8O/c1-4-12-25(13-5-1)33-29-34-30(36-31(35-29)38-18-10-3-11-19-38)37-32-22-24-23-39(28-17-9-8-16-27(24)28)20-21-40-26-14-6-2-7-15-26/h1-2,4-9,12-17,22-23H,3,10-11,18-21H2,(H2,33,34,35,36,37)/b32-22+. The van der Waals surface area contributed by atoms with Gasteiger partial charge in [-0.1, -0.05) is 54.6 Å². The van der Waals surface area contributed by atoms with E-state index in [0.717, 1.165) is 60.4 Å². The quantitative estimate of drug-likeness (QED) is 0.166. The van der Waals surface area contributed by atoms with E-state index in [-0.39, 0.29) is 0 Å². The lowest BCUT2D eigenvalue weighted by atomic mass is 10.1. The molecule has 6 rings (SSSR count). The molecule has 1 aliphatic rings. The number of nitrogens with zero attached hydrogens (tertiary/aromatic N) is 6. The third kappa shape index (κ3) is 6.20. The zero-order valence-electron chi connectivity index (χ0n) is 22.3. The molecule has 3 aromatic carbocycles. The molecule has 1 saturated heterocycles. The fraction of sp³-hybridized carbons (Fsp3) is 0.226. The fourth-order valence-corrected chi connectivity index (χ4v) is 4.86. The third-order valence-corrected chi connectivity index (χ3v) is 6.82. The maximum absolute atomic E-state index is 5.92. The first-order valence-electron chi connectivity index (χ1n) is 13.7. The number of anilines is 4. The number of hydrogen-bond donors (Lipinski definition) is 2. The topological polar surface area (TPSA) is 92.5 Å². The molecule has 0 unspecified atom stereocenters. The van der Waals surface area contributed by atoms with Gasteiger partial charge in [0.25, 0.3) is 0 Å². The number of fused-ring (bicyclic) bond motifs is 1. The summed E-state index contributed by atoms with van der Waals surface area (Å²) in [5.74, 6) is 2.40. The van der Waals surface area contributed by atoms with E-state index in [1.165, 1.54) is 6.42 Å². The highest BCUT2D eigenvalue weighted by molar-refractivity contribution is 5.99. The lowest BCUT2D eigenvalue weighted by Gasteiger charge is -2.26. The van der Waals surface area contributed by atoms with Crippen LogP contribution in [0.4, 0.5) is 23.5 Å². The third-order valence-electron chi connectivity index (χ3n) is 6.82. The summed E-state index contributed by atoms with van der Waals surface area (Å²) < 4.78 is 8.12. The average Bonchev–Trinajstić information content (AvgIpc) is 3.36. The van der Waals surface area contributed by atoms with Gasteiger partial charge in [-0.05, 0) is 49.6 Å². The number of para-hydroxylation sites is 3. The smallest absolute Gasteiger partial charge is 0.250 e. The van der Waals surface area contributed by atoms with Crippen LogP contribution in [0.2, 0.25) is 0 Å². The second kappa shape index (κ2) is 12.3. The number of ether oxygens (including phenoxy) is 1. The Bertz CT molecular complexity index is 1560. The van der Waals surface area contributed by atoms with E-state index in [0.29, 0.717) is 24.5 Å². The minimum absolute atomic E-state index is 0.394. The van der Waals surface area contributed by atoms with Crippen molar-refractivity contribution in [2.75, 3.05) is 35.3 Å². The predicted octanol–water partition coefficient (Wildman–Crippen LogP) is 6.09. The van der Waals surface area contributed by atoms with Crippen molar-refractivity contribution in [2.24, 2.45) is 5.10 Å². The van der Waals surface area contributed by atoms with Gasteiger partial charge in [0.2, 0.25) is 17.8 Å². The van der Waals surface area contributed by atoms with Crippen LogP contribution in [-0.2, 0) is 6.54 Å². The Morgan fingerprint density at radius 2 is 1.52 bits per heavy atom. The maximum atomic E-state index is 5.92. The van der Waals surface area contributed by atoms with Gasteiger partial charge < -0.3 is 19.5 Å². The van der Waals surface area contributed by atoms with Crippen molar-refractivity contribution in [2.45, 2.75) is 25.8 Å². The Balaban J connectivity index is 1.20. The Morgan fingerprint density at radius 3 is 2.35 bits per heavy atom. The second-order valence-corrected chi connectivity index (χ2v) is 9.65. The van der Waals surface area contributed by atoms with Gasteiger partial charge in [-0.15, -0.1) is 0 Å². The average molecular weight is 533 g/mol. The summed E-state index contributed by atoms with van der Waals surface area (Å²) in [5.41, 5.74) is 6.08. The number of hydrazone groups is 1. The summed E-state index contributed by atoms with van der Waals surface area (Å²) in [7, 11) is 0. The van der Waals surface area contributed by atoms with Gasteiger partial charge in [0.05, 0.1) is 12.8 Å². The number of nitrogens with one attached hydrogen (secondary N) is 2. The van der Waals surface area contributed by atoms with Crippen LogP contribution in [0.3, 0.4) is 0 Å². The van der Waals surface area contributed by atoms with Crippen LogP contribution in [0.1, 0.15) is 24.8 Å². The van der Waals surface area contributed by atoms with Gasteiger partial charge in [-0.25, -0.2) is 5.43 Å². The predicted molar refractivity (Wildman–Crippen MR) is 161 cm³/mol. The van der Waals surface area contributed by atoms with Crippen molar-refractivity contribution in [3.05, 3.63) is 96.7 Å². The Labute approximate surface area is 233 Å². The van der Waals surface area contributed by atoms with Gasteiger partial charge in [-0.3, -0.25) is 0 Å². The molecule has 1 fully saturated rings. The van der Waals surface area contributed by atoms with Crippen LogP contribution in [0, 0.1) is 0 Å². The van der Waals surface area contributed by atoms with Gasteiger partial charge in [0.15, 0.2) is 0 Å². The molecule has 40 heavy (non-hydrogen) atoms. The first kappa shape index (κ1) is 25.4. The Hall–Kier alpha value is -4.92. The zero-order chi connectivity index (χ0) is 27.0. The summed E-state index contributed by atoms with van der Waals surface area (Å²) in [6.07, 6.45) is 7.41. The number of piperidine rings is 1. The first-order chi connectivity index (χ1) is 19.8. The summed E-state index contributed by atoms with van der Waals surface area (Å²) in [4.78, 5) is 16.2. The molecular formula is C31H32N8O. The van der Waals surface area contributed by atoms with Crippen LogP contribution in [0.5, 0.6) is 5.75 Å². The van der Waals surface area contributed by atoms with Gasteiger partial charge in [-0.2, -0.15) is 20.1 Å². The van der Waals surface area contributed by atoms with E-state index in [4.69, 9.17) is 9.72 Å². The van der Waals surface area contributed by atoms with Crippen molar-refractivity contribution in [1.82, 2.24) is 19.5 Å². The molecule has 3 heterocycles. The molecule has 9 heteroatoms. The van der Waals surface area contributed by atoms with E-state index in [1.54, 1.807) is 0 Å². The molecule has 0 saturated carbocycles. The summed E-state index contributed by atoms with van der Waals surface area (Å²) in [5, 5.41) is 8.93. The van der Waals surface area contributed by atoms with E-state index in [9.17, 15) is 0 Å². The monoisotopic (exact) mass is 532 g/mol. The first-order valence-corrected chi connectivity index (χ1v) is 13.7. The molecular weight excluding hydrogens is 500 g/mol. The van der Waals surface area contributed by atoms with Crippen molar-refractivity contribution >= 4 is 40.6 Å². The highest BCUT2D eigenvalue weighted by Crippen LogP contribution is 2.22. The van der Waals surface area contributed by atoms with E-state index in [2.05, 4.69) is 53.6 Å². The molecule has 9 nitrogen and oxygen atoms in total. The highest BCUT2D eigenvalue weighted by atomic mass is 16.5. The van der Waals surface area contributed by atoms with Crippen molar-refractivity contribution in [3.63, 3.8) is 0 Å². The Kier molecular flexibility index (Phi) is 7.79. The van der Waals surface area contributed by atoms with Crippen molar-refractivity contribution < 1.29 is 4.74 Å². The number of benzene rings is 3. The van der Waals surface area contributed by atoms with E-state index in [1.807, 2.05) is 79.0 Å². The molecule has 0 atom stereocenters. The zero-order valence-corrected chi connectivity index (χ0v) is 22.3. The summed E-state index contributed by atoms with van der Waals surface area (Å²) in [6.45, 7) is 3.16. The SMILES string of the molecule is C(=N\Nc1nc(Nc2ccccc2)nc(N2CCCCC2)n1)/c1cn(CCOc2ccccc2)c2ccccc12. The fourth-order valence-electron chi connectivity index (χ4n) is 4.86. The van der Waals surface area contributed by atoms with Crippen molar-refractivity contribution in [3.8, 4) is 5.75 Å². The maximum Gasteiger partial charge on any atom is 0.250 e. The number of aromatic nitrogens is 4. The lowest BCUT2D eigenvalue weighted by molar-refractivity contribution is 0.300. The van der Waals surface area contributed by atoms with Crippen LogP contribution in [0.15, 0.2) is 96.2 Å². The molecule has 202 valence electrons. The largest absolute Gasteiger partial charge is 0.492 e. The molecule has 0 bridgehead atoms. The molecule has 2 N–H and O–H groups in total. The van der Waals surface area contributed by atoms with Crippen LogP contribution < -0.4 is 20.4 Å². The second-order valence-electron chi connectivity index (χ2n) is 9.65. The minimum atomic E-state index is 0.394. The Morgan fingerprint density at radius 1 is 0.800 bits per heavy atom. The van der Waals surface area contributed by atoms with Crippen molar-refractivity contribution in [1.29, 1.82) is 0 Å². The highest BCUT2D eigenvalue weighted by Gasteiger charge is 2.16. The molecule has 0 amide bonds. The number of rotatable bonds is 10. The van der Waals surface area contributed by atoms with Gasteiger partial charge in [0.1, 0.15) is 12.4 Å². The van der Waals surface area contributed by atoms with Crippen LogP contribution in [0.25, 0.3) is 10.9 Å². The molecule has 5 aromatic rings. The lowest BCUT2D eigenvalue weighted by Crippen LogP contribution is -2.31. The molecule has 0 radical (unpaired) electrons. The van der Waals surface area contributed by atoms with E-state index >= 15 is 0 Å². The van der Waals surface area contributed by atoms with Gasteiger partial charge >= 0.3 is 0 Å². The van der Waals surface area contributed by atoms with Crippen LogP contribution in [-0.4, -0.2) is 45.4 Å². The summed E-state index contributed by atoms with van der Waals surface area (Å²) in [6, 6.07) is 28.1. The minimum Gasteiger partial charge on any atom is -0.492 e. The summed E-state index contributed by atoms with van der Waals surface area (Å²) >= 11 is 0. The van der Waals surface area contributed by atoms with E-state index < -0.39 is 0 Å².